The summed E-state index contributed by atoms with van der Waals surface area (Å²) >= 11 is 0. The van der Waals surface area contributed by atoms with Gasteiger partial charge < -0.3 is 9.47 Å². The summed E-state index contributed by atoms with van der Waals surface area (Å²) in [6, 6.07) is 33.4. The minimum absolute atomic E-state index is 0.0133. The largest absolute Gasteiger partial charge is 0.459 e. The Bertz CT molecular complexity index is 2300. The molecule has 0 saturated carbocycles. The van der Waals surface area contributed by atoms with Gasteiger partial charge in [0.2, 0.25) is 0 Å². The van der Waals surface area contributed by atoms with Crippen LogP contribution in [0, 0.1) is 0 Å². The Morgan fingerprint density at radius 3 is 1.13 bits per heavy atom. The van der Waals surface area contributed by atoms with Crippen molar-refractivity contribution in [3.63, 3.8) is 0 Å². The van der Waals surface area contributed by atoms with Crippen LogP contribution in [0.3, 0.4) is 0 Å². The van der Waals surface area contributed by atoms with Crippen molar-refractivity contribution in [2.24, 2.45) is 0 Å². The van der Waals surface area contributed by atoms with Crippen LogP contribution in [0.25, 0.3) is 21.5 Å². The number of imide groups is 2. The zero-order valence-corrected chi connectivity index (χ0v) is 28.6. The predicted octanol–water partition coefficient (Wildman–Crippen LogP) is 7.78. The highest BCUT2D eigenvalue weighted by Gasteiger charge is 2.38. The molecule has 4 amide bonds. The van der Waals surface area contributed by atoms with E-state index >= 15 is 0 Å². The zero-order chi connectivity index (χ0) is 37.0. The lowest BCUT2D eigenvalue weighted by Gasteiger charge is -2.29. The minimum atomic E-state index is -0.771. The number of anilines is 2. The van der Waals surface area contributed by atoms with E-state index in [0.29, 0.717) is 33.0 Å². The molecule has 0 N–H and O–H groups in total. The van der Waals surface area contributed by atoms with Gasteiger partial charge in [0.25, 0.3) is 23.6 Å². The third-order valence-corrected chi connectivity index (χ3v) is 9.55. The minimum Gasteiger partial charge on any atom is -0.459 e. The fourth-order valence-corrected chi connectivity index (χ4v) is 7.24. The Balaban J connectivity index is 0.976. The molecule has 53 heavy (non-hydrogen) atoms. The van der Waals surface area contributed by atoms with Crippen LogP contribution in [-0.4, -0.2) is 47.8 Å². The van der Waals surface area contributed by atoms with E-state index in [1.165, 1.54) is 24.3 Å². The fourth-order valence-electron chi connectivity index (χ4n) is 7.24. The average Bonchev–Trinajstić information content (AvgIpc) is 3.16. The average molecular weight is 703 g/mol. The summed E-state index contributed by atoms with van der Waals surface area (Å²) in [5.41, 5.74) is 1.60. The smallest absolute Gasteiger partial charge is 0.340 e. The lowest BCUT2D eigenvalue weighted by molar-refractivity contribution is 0.00774. The number of esters is 2. The fraction of sp³-hybridized carbons (Fsp3) is 0.116. The quantitative estimate of drug-likeness (QED) is 0.116. The van der Waals surface area contributed by atoms with Crippen molar-refractivity contribution in [2.45, 2.75) is 32.5 Å². The molecule has 10 nitrogen and oxygen atoms in total. The molecule has 6 aromatic rings. The van der Waals surface area contributed by atoms with Gasteiger partial charge in [0.15, 0.2) is 0 Å². The van der Waals surface area contributed by atoms with Crippen LogP contribution in [0.5, 0.6) is 0 Å². The molecule has 2 aliphatic rings. The van der Waals surface area contributed by atoms with Gasteiger partial charge in [-0.3, -0.25) is 19.2 Å². The van der Waals surface area contributed by atoms with E-state index in [2.05, 4.69) is 0 Å². The summed E-state index contributed by atoms with van der Waals surface area (Å²) in [5.74, 6) is -3.75. The topological polar surface area (TPSA) is 127 Å². The summed E-state index contributed by atoms with van der Waals surface area (Å²) in [6.07, 6.45) is -1.44. The monoisotopic (exact) mass is 702 g/mol. The van der Waals surface area contributed by atoms with Crippen molar-refractivity contribution in [1.82, 2.24) is 0 Å². The first-order valence-corrected chi connectivity index (χ1v) is 17.0. The Morgan fingerprint density at radius 1 is 0.472 bits per heavy atom. The van der Waals surface area contributed by atoms with Crippen LogP contribution in [0.2, 0.25) is 0 Å². The second-order valence-corrected chi connectivity index (χ2v) is 13.0. The van der Waals surface area contributed by atoms with Gasteiger partial charge in [-0.1, -0.05) is 72.8 Å². The van der Waals surface area contributed by atoms with Crippen molar-refractivity contribution >= 4 is 68.5 Å². The number of amides is 4. The number of para-hydroxylation sites is 2. The number of carbonyl (C=O) groups is 6. The highest BCUT2D eigenvalue weighted by molar-refractivity contribution is 6.37. The van der Waals surface area contributed by atoms with Gasteiger partial charge in [-0.2, -0.15) is 0 Å². The van der Waals surface area contributed by atoms with Gasteiger partial charge in [-0.05, 0) is 73.2 Å². The van der Waals surface area contributed by atoms with Crippen LogP contribution >= 0.6 is 0 Å². The molecule has 2 heterocycles. The Hall–Kier alpha value is -6.94. The van der Waals surface area contributed by atoms with Gasteiger partial charge in [-0.15, -0.1) is 0 Å². The molecule has 10 heteroatoms. The number of nitrogens with zero attached hydrogens (tertiary/aromatic N) is 2. The summed E-state index contributed by atoms with van der Waals surface area (Å²) in [5, 5.41) is 2.66. The van der Waals surface area contributed by atoms with Crippen molar-refractivity contribution in [3.05, 3.63) is 155 Å². The number of carbonyl (C=O) groups excluding carboxylic acids is 6. The van der Waals surface area contributed by atoms with Crippen molar-refractivity contribution in [3.8, 4) is 0 Å². The summed E-state index contributed by atoms with van der Waals surface area (Å²) in [4.78, 5) is 83.9. The van der Waals surface area contributed by atoms with Gasteiger partial charge >= 0.3 is 11.9 Å². The molecule has 0 spiro atoms. The number of ether oxygens (including phenoxy) is 2. The molecular weight excluding hydrogens is 672 g/mol. The Labute approximate surface area is 303 Å². The summed E-state index contributed by atoms with van der Waals surface area (Å²) < 4.78 is 11.5. The van der Waals surface area contributed by atoms with Crippen LogP contribution < -0.4 is 9.80 Å². The molecule has 0 aromatic heterocycles. The van der Waals surface area contributed by atoms with Gasteiger partial charge in [0.05, 0.1) is 22.5 Å². The maximum Gasteiger partial charge on any atom is 0.340 e. The van der Waals surface area contributed by atoms with Gasteiger partial charge in [0.1, 0.15) is 12.2 Å². The predicted molar refractivity (Wildman–Crippen MR) is 197 cm³/mol. The number of hydrogen-bond donors (Lipinski definition) is 0. The lowest BCUT2D eigenvalue weighted by Crippen LogP contribution is -2.41. The number of hydrogen-bond acceptors (Lipinski definition) is 8. The van der Waals surface area contributed by atoms with E-state index in [1.807, 2.05) is 24.3 Å². The maximum atomic E-state index is 13.7. The third kappa shape index (κ3) is 5.52. The van der Waals surface area contributed by atoms with E-state index in [4.69, 9.17) is 9.47 Å². The molecule has 8 rings (SSSR count). The van der Waals surface area contributed by atoms with Crippen molar-refractivity contribution in [1.29, 1.82) is 0 Å². The zero-order valence-electron chi connectivity index (χ0n) is 28.6. The van der Waals surface area contributed by atoms with E-state index in [9.17, 15) is 28.8 Å². The molecule has 0 unspecified atom stereocenters. The van der Waals surface area contributed by atoms with Gasteiger partial charge in [-0.25, -0.2) is 19.4 Å². The number of rotatable bonds is 8. The van der Waals surface area contributed by atoms with Crippen molar-refractivity contribution < 1.29 is 38.2 Å². The van der Waals surface area contributed by atoms with Crippen LogP contribution in [0.15, 0.2) is 121 Å². The lowest BCUT2D eigenvalue weighted by atomic mass is 9.93. The second-order valence-electron chi connectivity index (χ2n) is 13.0. The first-order chi connectivity index (χ1) is 25.6. The molecule has 260 valence electrons. The summed E-state index contributed by atoms with van der Waals surface area (Å²) in [6.45, 7) is 3.27. The molecule has 6 aromatic carbocycles. The SMILES string of the molecule is C[C@@H](C[C@H](C)OC(=O)c1ccccc1N1C(=O)c2cccc3cccc(c23)C1=O)OC(=O)c1ccccc1N1C(=O)c2cccc3cccc(c23)C1=O. The molecule has 0 saturated heterocycles. The first-order valence-electron chi connectivity index (χ1n) is 17.0. The molecule has 0 radical (unpaired) electrons. The molecule has 0 bridgehead atoms. The van der Waals surface area contributed by atoms with Crippen molar-refractivity contribution in [2.75, 3.05) is 9.80 Å². The molecule has 2 atom stereocenters. The molecule has 2 aliphatic heterocycles. The van der Waals surface area contributed by atoms with Crippen LogP contribution in [-0.2, 0) is 9.47 Å². The van der Waals surface area contributed by atoms with Crippen LogP contribution in [0.4, 0.5) is 11.4 Å². The van der Waals surface area contributed by atoms with E-state index < -0.39 is 47.8 Å². The third-order valence-electron chi connectivity index (χ3n) is 9.55. The normalized spacial score (nSPS) is 14.8. The Kier molecular flexibility index (Phi) is 8.14. The number of benzene rings is 6. The maximum absolute atomic E-state index is 13.7. The summed E-state index contributed by atoms with van der Waals surface area (Å²) in [7, 11) is 0. The molecule has 0 aliphatic carbocycles. The molecular formula is C43H30N2O8. The highest BCUT2D eigenvalue weighted by Crippen LogP contribution is 2.36. The van der Waals surface area contributed by atoms with Crippen LogP contribution in [0.1, 0.15) is 82.4 Å². The van der Waals surface area contributed by atoms with Gasteiger partial charge in [0, 0.05) is 39.4 Å². The standard InChI is InChI=1S/C43H30N2O8/c1-24(52-42(50)28-15-3-5-21-34(28)44-38(46)30-17-7-11-26-12-8-18-31(36(26)30)39(44)47)23-25(2)53-43(51)29-16-4-6-22-35(29)45-40(48)32-19-9-13-27-14-10-20-33(37(27)32)41(45)49/h3-22,24-25H,23H2,1-2H3/t24-,25-/m0/s1. The second kappa shape index (κ2) is 13.0. The Morgan fingerprint density at radius 2 is 0.792 bits per heavy atom. The van der Waals surface area contributed by atoms with E-state index in [1.54, 1.807) is 86.6 Å². The first kappa shape index (κ1) is 33.2. The highest BCUT2D eigenvalue weighted by atomic mass is 16.6. The van der Waals surface area contributed by atoms with E-state index in [-0.39, 0.29) is 28.9 Å². The molecule has 0 fully saturated rings. The van der Waals surface area contributed by atoms with E-state index in [0.717, 1.165) is 20.6 Å².